The highest BCUT2D eigenvalue weighted by Gasteiger charge is 2.17. The van der Waals surface area contributed by atoms with Crippen molar-refractivity contribution in [3.63, 3.8) is 0 Å². The first-order valence-corrected chi connectivity index (χ1v) is 8.03. The molecule has 0 radical (unpaired) electrons. The molecule has 0 aliphatic heterocycles. The van der Waals surface area contributed by atoms with Crippen LogP contribution >= 0.6 is 0 Å². The fraction of sp³-hybridized carbons (Fsp3) is 0.286. The lowest BCUT2D eigenvalue weighted by atomic mass is 10.2. The summed E-state index contributed by atoms with van der Waals surface area (Å²) in [5.74, 6) is -0.266. The van der Waals surface area contributed by atoms with Crippen LogP contribution in [0, 0.1) is 0 Å². The lowest BCUT2D eigenvalue weighted by molar-refractivity contribution is 0.0954. The molecule has 118 valence electrons. The number of benzene rings is 1. The number of rotatable bonds is 6. The molecule has 1 N–H and O–H groups in total. The van der Waals surface area contributed by atoms with Crippen molar-refractivity contribution in [1.82, 2.24) is 14.6 Å². The molecular weight excluding hydrogens is 306 g/mol. The number of amides is 1. The van der Waals surface area contributed by atoms with Gasteiger partial charge in [0.05, 0.1) is 10.6 Å². The molecule has 7 nitrogen and oxygen atoms in total. The Morgan fingerprint density at radius 1 is 1.27 bits per heavy atom. The van der Waals surface area contributed by atoms with Crippen LogP contribution in [0.15, 0.2) is 46.2 Å². The first kappa shape index (κ1) is 16.2. The maximum atomic E-state index is 12.0. The van der Waals surface area contributed by atoms with Gasteiger partial charge in [-0.2, -0.15) is 0 Å². The molecule has 0 aliphatic rings. The van der Waals surface area contributed by atoms with Crippen LogP contribution in [0.2, 0.25) is 0 Å². The van der Waals surface area contributed by atoms with Crippen molar-refractivity contribution in [3.05, 3.63) is 48.2 Å². The molecular formula is C14H17N3O4S. The fourth-order valence-electron chi connectivity index (χ4n) is 1.76. The van der Waals surface area contributed by atoms with E-state index in [1.165, 1.54) is 51.0 Å². The molecule has 1 heterocycles. The van der Waals surface area contributed by atoms with Crippen LogP contribution in [0.4, 0.5) is 0 Å². The zero-order valence-corrected chi connectivity index (χ0v) is 13.1. The van der Waals surface area contributed by atoms with Crippen molar-refractivity contribution >= 4 is 15.9 Å². The SMILES string of the molecule is CN(C)S(=O)(=O)c1ccc(C(=O)NCCc2cocn2)cc1. The van der Waals surface area contributed by atoms with E-state index in [0.717, 1.165) is 10.00 Å². The summed E-state index contributed by atoms with van der Waals surface area (Å²) in [5, 5.41) is 2.74. The monoisotopic (exact) mass is 323 g/mol. The Bertz CT molecular complexity index is 722. The number of nitrogens with zero attached hydrogens (tertiary/aromatic N) is 2. The van der Waals surface area contributed by atoms with Crippen LogP contribution in [0.3, 0.4) is 0 Å². The minimum absolute atomic E-state index is 0.150. The van der Waals surface area contributed by atoms with E-state index in [1.807, 2.05) is 0 Å². The lowest BCUT2D eigenvalue weighted by Gasteiger charge is -2.11. The Morgan fingerprint density at radius 3 is 2.50 bits per heavy atom. The maximum Gasteiger partial charge on any atom is 0.251 e. The molecule has 0 unspecified atom stereocenters. The molecule has 1 amide bonds. The molecule has 1 aromatic heterocycles. The summed E-state index contributed by atoms with van der Waals surface area (Å²) < 4.78 is 29.8. The topological polar surface area (TPSA) is 92.5 Å². The quantitative estimate of drug-likeness (QED) is 0.852. The zero-order valence-electron chi connectivity index (χ0n) is 12.3. The Hall–Kier alpha value is -2.19. The van der Waals surface area contributed by atoms with E-state index in [1.54, 1.807) is 0 Å². The Kier molecular flexibility index (Phi) is 4.94. The van der Waals surface area contributed by atoms with Gasteiger partial charge in [-0.05, 0) is 24.3 Å². The molecule has 0 saturated carbocycles. The van der Waals surface area contributed by atoms with Crippen molar-refractivity contribution < 1.29 is 17.6 Å². The van der Waals surface area contributed by atoms with E-state index in [4.69, 9.17) is 4.42 Å². The number of hydrogen-bond donors (Lipinski definition) is 1. The van der Waals surface area contributed by atoms with Crippen LogP contribution < -0.4 is 5.32 Å². The van der Waals surface area contributed by atoms with Gasteiger partial charge in [-0.25, -0.2) is 17.7 Å². The number of hydrogen-bond acceptors (Lipinski definition) is 5. The van der Waals surface area contributed by atoms with Crippen molar-refractivity contribution in [3.8, 4) is 0 Å². The lowest BCUT2D eigenvalue weighted by Crippen LogP contribution is -2.26. The second kappa shape index (κ2) is 6.71. The molecule has 1 aromatic carbocycles. The van der Waals surface area contributed by atoms with Gasteiger partial charge >= 0.3 is 0 Å². The van der Waals surface area contributed by atoms with Crippen LogP contribution in [-0.4, -0.2) is 44.3 Å². The molecule has 2 rings (SSSR count). The third kappa shape index (κ3) is 3.71. The predicted molar refractivity (Wildman–Crippen MR) is 79.9 cm³/mol. The van der Waals surface area contributed by atoms with E-state index in [9.17, 15) is 13.2 Å². The van der Waals surface area contributed by atoms with Gasteiger partial charge < -0.3 is 9.73 Å². The Balaban J connectivity index is 1.96. The minimum Gasteiger partial charge on any atom is -0.451 e. The van der Waals surface area contributed by atoms with Gasteiger partial charge in [0.2, 0.25) is 10.0 Å². The summed E-state index contributed by atoms with van der Waals surface area (Å²) in [5.41, 5.74) is 1.16. The summed E-state index contributed by atoms with van der Waals surface area (Å²) in [7, 11) is -0.567. The van der Waals surface area contributed by atoms with Crippen LogP contribution in [-0.2, 0) is 16.4 Å². The molecule has 22 heavy (non-hydrogen) atoms. The third-order valence-electron chi connectivity index (χ3n) is 3.05. The first-order valence-electron chi connectivity index (χ1n) is 6.59. The molecule has 0 spiro atoms. The molecule has 0 aliphatic carbocycles. The van der Waals surface area contributed by atoms with E-state index in [-0.39, 0.29) is 10.8 Å². The number of oxazole rings is 1. The molecule has 0 fully saturated rings. The van der Waals surface area contributed by atoms with Crippen LogP contribution in [0.25, 0.3) is 0 Å². The highest BCUT2D eigenvalue weighted by molar-refractivity contribution is 7.89. The van der Waals surface area contributed by atoms with Gasteiger partial charge in [-0.3, -0.25) is 4.79 Å². The molecule has 0 saturated heterocycles. The summed E-state index contributed by atoms with van der Waals surface area (Å²) >= 11 is 0. The predicted octanol–water partition coefficient (Wildman–Crippen LogP) is 0.897. The number of carbonyl (C=O) groups is 1. The maximum absolute atomic E-state index is 12.0. The summed E-state index contributed by atoms with van der Waals surface area (Å²) in [6.07, 6.45) is 3.42. The smallest absolute Gasteiger partial charge is 0.251 e. The van der Waals surface area contributed by atoms with E-state index < -0.39 is 10.0 Å². The van der Waals surface area contributed by atoms with Gasteiger partial charge in [0.15, 0.2) is 6.39 Å². The van der Waals surface area contributed by atoms with Gasteiger partial charge in [0, 0.05) is 32.6 Å². The highest BCUT2D eigenvalue weighted by atomic mass is 32.2. The summed E-state index contributed by atoms with van der Waals surface area (Å²) in [6.45, 7) is 0.420. The summed E-state index contributed by atoms with van der Waals surface area (Å²) in [4.78, 5) is 16.1. The van der Waals surface area contributed by atoms with Gasteiger partial charge in [-0.1, -0.05) is 0 Å². The number of sulfonamides is 1. The average molecular weight is 323 g/mol. The van der Waals surface area contributed by atoms with E-state index >= 15 is 0 Å². The standard InChI is InChI=1S/C14H17N3O4S/c1-17(2)22(19,20)13-5-3-11(4-6-13)14(18)15-8-7-12-9-21-10-16-12/h3-6,9-10H,7-8H2,1-2H3,(H,15,18). The van der Waals surface area contributed by atoms with Gasteiger partial charge in [0.1, 0.15) is 6.26 Å². The third-order valence-corrected chi connectivity index (χ3v) is 4.87. The molecule has 0 atom stereocenters. The fourth-order valence-corrected chi connectivity index (χ4v) is 2.66. The Morgan fingerprint density at radius 2 is 1.95 bits per heavy atom. The van der Waals surface area contributed by atoms with E-state index in [2.05, 4.69) is 10.3 Å². The minimum atomic E-state index is -3.48. The average Bonchev–Trinajstić information content (AvgIpc) is 3.00. The normalized spacial score (nSPS) is 11.6. The molecule has 8 heteroatoms. The summed E-state index contributed by atoms with van der Waals surface area (Å²) in [6, 6.07) is 5.81. The Labute approximate surface area is 129 Å². The van der Waals surface area contributed by atoms with Crippen molar-refractivity contribution in [1.29, 1.82) is 0 Å². The van der Waals surface area contributed by atoms with Crippen molar-refractivity contribution in [2.24, 2.45) is 0 Å². The van der Waals surface area contributed by atoms with Crippen LogP contribution in [0.5, 0.6) is 0 Å². The van der Waals surface area contributed by atoms with Crippen molar-refractivity contribution in [2.75, 3.05) is 20.6 Å². The zero-order chi connectivity index (χ0) is 16.2. The second-order valence-corrected chi connectivity index (χ2v) is 6.95. The molecule has 2 aromatic rings. The van der Waals surface area contributed by atoms with Crippen LogP contribution in [0.1, 0.15) is 16.1 Å². The second-order valence-electron chi connectivity index (χ2n) is 4.80. The number of nitrogens with one attached hydrogen (secondary N) is 1. The highest BCUT2D eigenvalue weighted by Crippen LogP contribution is 2.13. The molecule has 0 bridgehead atoms. The largest absolute Gasteiger partial charge is 0.451 e. The number of aromatic nitrogens is 1. The van der Waals surface area contributed by atoms with Gasteiger partial charge in [-0.15, -0.1) is 0 Å². The van der Waals surface area contributed by atoms with Gasteiger partial charge in [0.25, 0.3) is 5.91 Å². The van der Waals surface area contributed by atoms with Crippen molar-refractivity contribution in [2.45, 2.75) is 11.3 Å². The first-order chi connectivity index (χ1) is 10.4. The number of carbonyl (C=O) groups excluding carboxylic acids is 1. The van der Waals surface area contributed by atoms with E-state index in [0.29, 0.717) is 18.5 Å².